The Morgan fingerprint density at radius 1 is 0.941 bits per heavy atom. The van der Waals surface area contributed by atoms with Crippen molar-refractivity contribution >= 4 is 21.6 Å². The predicted molar refractivity (Wildman–Crippen MR) is 125 cm³/mol. The molecule has 3 aromatic carbocycles. The van der Waals surface area contributed by atoms with Gasteiger partial charge in [-0.2, -0.15) is 0 Å². The quantitative estimate of drug-likeness (QED) is 0.524. The number of hydrogen-bond donors (Lipinski definition) is 1. The van der Waals surface area contributed by atoms with E-state index in [4.69, 9.17) is 18.9 Å². The number of carbonyl (C=O) groups is 1. The minimum atomic E-state index is -3.86. The summed E-state index contributed by atoms with van der Waals surface area (Å²) in [6.07, 6.45) is 0. The number of nitrogens with zero attached hydrogens (tertiary/aromatic N) is 1. The number of fused-ring (bicyclic) bond motifs is 1. The molecule has 0 unspecified atom stereocenters. The van der Waals surface area contributed by atoms with E-state index >= 15 is 0 Å². The highest BCUT2D eigenvalue weighted by molar-refractivity contribution is 7.92. The largest absolute Gasteiger partial charge is 0.493 e. The maximum atomic E-state index is 13.1. The molecule has 0 aromatic heterocycles. The number of rotatable bonds is 8. The number of carbonyl (C=O) groups excluding carboxylic acids is 1. The summed E-state index contributed by atoms with van der Waals surface area (Å²) in [6.45, 7) is 0.498. The Hall–Kier alpha value is -3.92. The Balaban J connectivity index is 1.44. The van der Waals surface area contributed by atoms with Crippen LogP contribution in [0.2, 0.25) is 0 Å². The molecule has 178 valence electrons. The number of benzene rings is 3. The molecule has 3 aromatic rings. The Morgan fingerprint density at radius 3 is 2.35 bits per heavy atom. The third-order valence-electron chi connectivity index (χ3n) is 5.40. The zero-order valence-electron chi connectivity index (χ0n) is 18.9. The molecule has 1 aliphatic rings. The number of sulfonamides is 1. The van der Waals surface area contributed by atoms with Gasteiger partial charge in [0.2, 0.25) is 6.79 Å². The van der Waals surface area contributed by atoms with E-state index < -0.39 is 10.0 Å². The summed E-state index contributed by atoms with van der Waals surface area (Å²) in [4.78, 5) is 12.6. The van der Waals surface area contributed by atoms with Crippen LogP contribution in [0.15, 0.2) is 65.6 Å². The number of amides is 1. The van der Waals surface area contributed by atoms with Crippen LogP contribution in [-0.2, 0) is 16.6 Å². The van der Waals surface area contributed by atoms with Gasteiger partial charge in [-0.15, -0.1) is 0 Å². The fourth-order valence-corrected chi connectivity index (χ4v) is 4.64. The predicted octanol–water partition coefficient (Wildman–Crippen LogP) is 3.19. The lowest BCUT2D eigenvalue weighted by atomic mass is 10.1. The van der Waals surface area contributed by atoms with Crippen LogP contribution >= 0.6 is 0 Å². The molecule has 9 nitrogen and oxygen atoms in total. The third kappa shape index (κ3) is 4.58. The SMILES string of the molecule is COc1ccc(S(=O)(=O)N(C)c2ccc(C(=O)NCc3ccc4c(c3)OCO4)cc2)cc1OC. The fraction of sp³-hybridized carbons (Fsp3) is 0.208. The van der Waals surface area contributed by atoms with Crippen LogP contribution in [0, 0.1) is 0 Å². The van der Waals surface area contributed by atoms with Crippen molar-refractivity contribution in [1.29, 1.82) is 0 Å². The molecule has 10 heteroatoms. The Bertz CT molecular complexity index is 1310. The molecule has 1 amide bonds. The van der Waals surface area contributed by atoms with Crippen molar-refractivity contribution in [1.82, 2.24) is 5.32 Å². The second kappa shape index (κ2) is 9.52. The van der Waals surface area contributed by atoms with E-state index in [-0.39, 0.29) is 17.6 Å². The van der Waals surface area contributed by atoms with Gasteiger partial charge in [-0.05, 0) is 54.1 Å². The molecule has 0 saturated heterocycles. The minimum Gasteiger partial charge on any atom is -0.493 e. The van der Waals surface area contributed by atoms with Crippen molar-refractivity contribution < 1.29 is 32.2 Å². The monoisotopic (exact) mass is 484 g/mol. The molecule has 0 saturated carbocycles. The maximum absolute atomic E-state index is 13.1. The fourth-order valence-electron chi connectivity index (χ4n) is 3.43. The van der Waals surface area contributed by atoms with Crippen LogP contribution in [0.4, 0.5) is 5.69 Å². The van der Waals surface area contributed by atoms with E-state index in [1.165, 1.54) is 39.5 Å². The van der Waals surface area contributed by atoms with Crippen molar-refractivity contribution in [2.45, 2.75) is 11.4 Å². The van der Waals surface area contributed by atoms with Crippen molar-refractivity contribution in [3.05, 3.63) is 71.8 Å². The van der Waals surface area contributed by atoms with Gasteiger partial charge in [0.1, 0.15) is 0 Å². The van der Waals surface area contributed by atoms with E-state index in [2.05, 4.69) is 5.32 Å². The zero-order chi connectivity index (χ0) is 24.3. The normalized spacial score (nSPS) is 12.2. The first-order valence-corrected chi connectivity index (χ1v) is 11.7. The highest BCUT2D eigenvalue weighted by atomic mass is 32.2. The summed E-state index contributed by atoms with van der Waals surface area (Å²) < 4.78 is 48.3. The van der Waals surface area contributed by atoms with Crippen molar-refractivity contribution in [2.24, 2.45) is 0 Å². The average molecular weight is 485 g/mol. The molecular weight excluding hydrogens is 460 g/mol. The first-order chi connectivity index (χ1) is 16.3. The summed E-state index contributed by atoms with van der Waals surface area (Å²) >= 11 is 0. The van der Waals surface area contributed by atoms with Gasteiger partial charge in [0.15, 0.2) is 23.0 Å². The Morgan fingerprint density at radius 2 is 1.65 bits per heavy atom. The van der Waals surface area contributed by atoms with Crippen LogP contribution in [0.1, 0.15) is 15.9 Å². The minimum absolute atomic E-state index is 0.0539. The first-order valence-electron chi connectivity index (χ1n) is 10.3. The van der Waals surface area contributed by atoms with Gasteiger partial charge >= 0.3 is 0 Å². The molecule has 1 heterocycles. The van der Waals surface area contributed by atoms with Gasteiger partial charge in [-0.25, -0.2) is 8.42 Å². The molecular formula is C24H24N2O7S. The smallest absolute Gasteiger partial charge is 0.264 e. The van der Waals surface area contributed by atoms with Crippen LogP contribution in [0.5, 0.6) is 23.0 Å². The highest BCUT2D eigenvalue weighted by Crippen LogP contribution is 2.33. The number of nitrogens with one attached hydrogen (secondary N) is 1. The van der Waals surface area contributed by atoms with Gasteiger partial charge in [0.05, 0.1) is 24.8 Å². The lowest BCUT2D eigenvalue weighted by molar-refractivity contribution is 0.0951. The third-order valence-corrected chi connectivity index (χ3v) is 7.18. The second-order valence-electron chi connectivity index (χ2n) is 7.41. The number of methoxy groups -OCH3 is 2. The molecule has 4 rings (SSSR count). The molecule has 1 aliphatic heterocycles. The van der Waals surface area contributed by atoms with Crippen LogP contribution < -0.4 is 28.6 Å². The van der Waals surface area contributed by atoms with E-state index in [1.54, 1.807) is 30.3 Å². The second-order valence-corrected chi connectivity index (χ2v) is 9.38. The van der Waals surface area contributed by atoms with Gasteiger partial charge in [0, 0.05) is 25.2 Å². The first kappa shape index (κ1) is 23.2. The van der Waals surface area contributed by atoms with Gasteiger partial charge < -0.3 is 24.3 Å². The highest BCUT2D eigenvalue weighted by Gasteiger charge is 2.23. The molecule has 0 radical (unpaired) electrons. The molecule has 0 spiro atoms. The summed E-state index contributed by atoms with van der Waals surface area (Å²) in [6, 6.07) is 16.2. The summed E-state index contributed by atoms with van der Waals surface area (Å²) in [7, 11) is 0.502. The van der Waals surface area contributed by atoms with Crippen molar-refractivity contribution in [3.63, 3.8) is 0 Å². The zero-order valence-corrected chi connectivity index (χ0v) is 19.7. The maximum Gasteiger partial charge on any atom is 0.264 e. The van der Waals surface area contributed by atoms with E-state index in [0.717, 1.165) is 9.87 Å². The summed E-state index contributed by atoms with van der Waals surface area (Å²) in [5.74, 6) is 1.79. The summed E-state index contributed by atoms with van der Waals surface area (Å²) in [5, 5.41) is 2.84. The molecule has 34 heavy (non-hydrogen) atoms. The van der Waals surface area contributed by atoms with Gasteiger partial charge in [-0.1, -0.05) is 6.07 Å². The van der Waals surface area contributed by atoms with E-state index in [1.807, 2.05) is 12.1 Å². The van der Waals surface area contributed by atoms with Crippen LogP contribution in [0.3, 0.4) is 0 Å². The standard InChI is InChI=1S/C24H24N2O7S/c1-26(34(28,29)19-9-11-20(30-2)22(13-19)31-3)18-7-5-17(6-8-18)24(27)25-14-16-4-10-21-23(12-16)33-15-32-21/h4-13H,14-15H2,1-3H3,(H,25,27). The molecule has 1 N–H and O–H groups in total. The molecule has 0 aliphatic carbocycles. The molecule has 0 fully saturated rings. The van der Waals surface area contributed by atoms with E-state index in [9.17, 15) is 13.2 Å². The van der Waals surface area contributed by atoms with Crippen LogP contribution in [0.25, 0.3) is 0 Å². The van der Waals surface area contributed by atoms with Gasteiger partial charge in [0.25, 0.3) is 15.9 Å². The van der Waals surface area contributed by atoms with Crippen molar-refractivity contribution in [3.8, 4) is 23.0 Å². The Kier molecular flexibility index (Phi) is 6.51. The Labute approximate surface area is 197 Å². The van der Waals surface area contributed by atoms with Crippen molar-refractivity contribution in [2.75, 3.05) is 32.4 Å². The topological polar surface area (TPSA) is 103 Å². The van der Waals surface area contributed by atoms with Crippen LogP contribution in [-0.4, -0.2) is 42.4 Å². The average Bonchev–Trinajstić information content (AvgIpc) is 3.34. The van der Waals surface area contributed by atoms with Gasteiger partial charge in [-0.3, -0.25) is 9.10 Å². The molecule has 0 atom stereocenters. The molecule has 0 bridgehead atoms. The lowest BCUT2D eigenvalue weighted by Gasteiger charge is -2.20. The van der Waals surface area contributed by atoms with E-state index in [0.29, 0.717) is 40.8 Å². The number of hydrogen-bond acceptors (Lipinski definition) is 7. The number of anilines is 1. The lowest BCUT2D eigenvalue weighted by Crippen LogP contribution is -2.27. The number of ether oxygens (including phenoxy) is 4. The summed E-state index contributed by atoms with van der Waals surface area (Å²) in [5.41, 5.74) is 1.68.